The van der Waals surface area contributed by atoms with E-state index < -0.39 is 88.5 Å². The molecule has 2 aromatic rings. The number of rotatable bonds is 14. The molecule has 1 spiro atoms. The SMILES string of the molecule is CC(C)=CCCC1(C)C=Cc2c(c(CC=C(C)C)c3c(c2OC(=O)c2ccc(O[C@@H]4O[C@@H]5COC(C)(C)O[C@H]5[C@H](O)[C@H]4O)cc2)C2=C4C(C(O)=C(N)N2)[C@@H]2C[C@@H]5C(C)(C)OC(C/C=C(/C)C(=O)NCCO)(C2=O)C45O3)O1. The average molecular weight is 1050 g/mol. The number of esters is 1. The molecule has 4 unspecified atom stereocenters. The fourth-order valence-electron chi connectivity index (χ4n) is 12.7. The van der Waals surface area contributed by atoms with E-state index in [-0.39, 0.29) is 79.2 Å². The lowest BCUT2D eigenvalue weighted by Gasteiger charge is -2.62. The highest BCUT2D eigenvalue weighted by Crippen LogP contribution is 2.73. The highest BCUT2D eigenvalue weighted by Gasteiger charge is 2.84. The van der Waals surface area contributed by atoms with E-state index in [0.717, 1.165) is 11.1 Å². The first-order valence-electron chi connectivity index (χ1n) is 26.3. The molecule has 76 heavy (non-hydrogen) atoms. The van der Waals surface area contributed by atoms with Crippen LogP contribution in [0.4, 0.5) is 0 Å². The van der Waals surface area contributed by atoms with Gasteiger partial charge < -0.3 is 74.7 Å². The van der Waals surface area contributed by atoms with Crippen LogP contribution in [0, 0.1) is 17.8 Å². The van der Waals surface area contributed by atoms with E-state index in [4.69, 9.17) is 43.6 Å². The van der Waals surface area contributed by atoms with Crippen LogP contribution in [0.5, 0.6) is 23.0 Å². The molecule has 6 fully saturated rings. The Morgan fingerprint density at radius 1 is 0.961 bits per heavy atom. The van der Waals surface area contributed by atoms with E-state index in [1.165, 1.54) is 24.3 Å². The summed E-state index contributed by atoms with van der Waals surface area (Å²) >= 11 is 0. The van der Waals surface area contributed by atoms with Crippen LogP contribution in [0.2, 0.25) is 0 Å². The number of benzene rings is 2. The van der Waals surface area contributed by atoms with Gasteiger partial charge in [-0.15, -0.1) is 0 Å². The number of fused-ring (bicyclic) bond motifs is 4. The third-order valence-corrected chi connectivity index (χ3v) is 16.3. The standard InChI is InChI=1S/C58H71N3O15/c1-28(2)12-11-21-56(10)22-20-34-45(74-56)33(18-13-29(3)4)47-39(46(34)72-52(68)31-14-16-32(17-15-31)70-53-44(65)43(64)48-36(71-53)27-69-55(8,9)73-48)41-40-38(42(63)50(59)61-41)35-26-37-54(6,7)76-57(49(35)66,58(37,40)75-47)23-19-30(5)51(67)60-24-25-62/h12-17,19-20,22,35-38,43-44,48,53,61-65H,11,18,21,23-27,59H2,1-10H3,(H,60,67)/b30-19-/t35-,36+,37+,38?,43+,44+,48+,53+,56?,57?,58?/m0/s1. The summed E-state index contributed by atoms with van der Waals surface area (Å²) in [6, 6.07) is 6.05. The zero-order valence-electron chi connectivity index (χ0n) is 44.8. The largest absolute Gasteiger partial charge is 0.508 e. The number of hydrogen-bond donors (Lipinski definition) is 7. The van der Waals surface area contributed by atoms with Crippen molar-refractivity contribution in [1.29, 1.82) is 0 Å². The van der Waals surface area contributed by atoms with E-state index in [9.17, 15) is 30.0 Å². The zero-order chi connectivity index (χ0) is 54.6. The van der Waals surface area contributed by atoms with Crippen LogP contribution >= 0.6 is 0 Å². The first-order valence-corrected chi connectivity index (χ1v) is 26.3. The molecule has 4 bridgehead atoms. The Bertz CT molecular complexity index is 2940. The number of carbonyl (C=O) groups excluding carboxylic acids is 3. The van der Waals surface area contributed by atoms with Crippen LogP contribution in [0.25, 0.3) is 11.8 Å². The molecule has 3 saturated carbocycles. The number of nitrogens with one attached hydrogen (secondary N) is 2. The molecular weight excluding hydrogens is 979 g/mol. The van der Waals surface area contributed by atoms with Crippen molar-refractivity contribution in [3.63, 3.8) is 0 Å². The van der Waals surface area contributed by atoms with Gasteiger partial charge in [0, 0.05) is 41.5 Å². The monoisotopic (exact) mass is 1050 g/mol. The van der Waals surface area contributed by atoms with Gasteiger partial charge in [-0.2, -0.15) is 0 Å². The lowest BCUT2D eigenvalue weighted by Crippen LogP contribution is -2.75. The van der Waals surface area contributed by atoms with Crippen molar-refractivity contribution in [3.05, 3.63) is 105 Å². The quantitative estimate of drug-likeness (QED) is 0.0477. The van der Waals surface area contributed by atoms with Crippen LogP contribution in [0.3, 0.4) is 0 Å². The summed E-state index contributed by atoms with van der Waals surface area (Å²) in [7, 11) is 0. The second-order valence-corrected chi connectivity index (χ2v) is 23.0. The normalized spacial score (nSPS) is 32.9. The number of ketones is 1. The third kappa shape index (κ3) is 8.64. The molecule has 18 nitrogen and oxygen atoms in total. The number of Topliss-reactive ketones (excluding diaryl/α,β-unsaturated/α-hetero) is 1. The Morgan fingerprint density at radius 3 is 2.38 bits per heavy atom. The van der Waals surface area contributed by atoms with Crippen LogP contribution in [-0.2, 0) is 35.0 Å². The minimum atomic E-state index is -1.73. The maximum Gasteiger partial charge on any atom is 0.343 e. The Balaban J connectivity index is 1.11. The first kappa shape index (κ1) is 53.4. The van der Waals surface area contributed by atoms with Crippen molar-refractivity contribution in [1.82, 2.24) is 10.6 Å². The van der Waals surface area contributed by atoms with Crippen molar-refractivity contribution in [2.24, 2.45) is 23.5 Å². The maximum atomic E-state index is 15.5. The molecule has 0 aromatic heterocycles. The number of aliphatic hydroxyl groups is 4. The maximum absolute atomic E-state index is 15.5. The molecule has 11 atom stereocenters. The fraction of sp³-hybridized carbons (Fsp3) is 0.534. The summed E-state index contributed by atoms with van der Waals surface area (Å²) in [5.74, 6) is -4.05. The van der Waals surface area contributed by atoms with Crippen molar-refractivity contribution in [2.45, 2.75) is 160 Å². The highest BCUT2D eigenvalue weighted by molar-refractivity contribution is 6.02. The number of allylic oxidation sites excluding steroid dienone is 5. The van der Waals surface area contributed by atoms with Crippen molar-refractivity contribution in [2.75, 3.05) is 19.8 Å². The molecule has 1 amide bonds. The molecule has 8 N–H and O–H groups in total. The molecule has 408 valence electrons. The van der Waals surface area contributed by atoms with E-state index in [0.29, 0.717) is 52.1 Å². The van der Waals surface area contributed by atoms with Gasteiger partial charge >= 0.3 is 5.97 Å². The summed E-state index contributed by atoms with van der Waals surface area (Å²) in [6.07, 6.45) is 5.88. The van der Waals surface area contributed by atoms with Gasteiger partial charge in [0.2, 0.25) is 12.2 Å². The number of dihydropyridines is 1. The summed E-state index contributed by atoms with van der Waals surface area (Å²) in [6.45, 7) is 18.9. The van der Waals surface area contributed by atoms with Crippen molar-refractivity contribution < 1.29 is 72.7 Å². The Labute approximate surface area is 442 Å². The van der Waals surface area contributed by atoms with E-state index in [1.54, 1.807) is 26.8 Å². The molecule has 9 aliphatic rings. The molecule has 11 rings (SSSR count). The molecule has 0 radical (unpaired) electrons. The molecule has 3 saturated heterocycles. The van der Waals surface area contributed by atoms with E-state index in [2.05, 4.69) is 16.7 Å². The Kier molecular flexibility index (Phi) is 13.5. The number of carbonyl (C=O) groups is 3. The smallest absolute Gasteiger partial charge is 0.343 e. The van der Waals surface area contributed by atoms with Gasteiger partial charge in [-0.05, 0) is 131 Å². The van der Waals surface area contributed by atoms with Gasteiger partial charge in [0.05, 0.1) is 47.1 Å². The van der Waals surface area contributed by atoms with Gasteiger partial charge in [-0.1, -0.05) is 29.4 Å². The molecule has 6 aliphatic heterocycles. The number of hydrogen-bond acceptors (Lipinski definition) is 17. The van der Waals surface area contributed by atoms with Crippen molar-refractivity contribution in [3.8, 4) is 23.0 Å². The van der Waals surface area contributed by atoms with Crippen LogP contribution in [-0.4, -0.2) is 117 Å². The predicted molar refractivity (Wildman–Crippen MR) is 278 cm³/mol. The topological polar surface area (TPSA) is 256 Å². The summed E-state index contributed by atoms with van der Waals surface area (Å²) in [5, 5.41) is 49.6. The van der Waals surface area contributed by atoms with Crippen LogP contribution in [0.15, 0.2) is 82.4 Å². The molecule has 6 heterocycles. The number of ether oxygens (including phenoxy) is 8. The zero-order valence-corrected chi connectivity index (χ0v) is 44.8. The van der Waals surface area contributed by atoms with Gasteiger partial charge in [0.25, 0.3) is 0 Å². The molecule has 18 heteroatoms. The lowest BCUT2D eigenvalue weighted by molar-refractivity contribution is -0.373. The minimum absolute atomic E-state index is 0.0398. The summed E-state index contributed by atoms with van der Waals surface area (Å²) in [4.78, 5) is 43.7. The average Bonchev–Trinajstić information content (AvgIpc) is 3.75. The Morgan fingerprint density at radius 2 is 1.68 bits per heavy atom. The number of amides is 1. The van der Waals surface area contributed by atoms with Gasteiger partial charge in [0.15, 0.2) is 28.5 Å². The molecule has 2 aromatic carbocycles. The lowest BCUT2D eigenvalue weighted by atomic mass is 9.45. The first-order chi connectivity index (χ1) is 35.9. The number of nitrogens with two attached hydrogens (primary N) is 1. The van der Waals surface area contributed by atoms with E-state index in [1.807, 2.05) is 66.7 Å². The second-order valence-electron chi connectivity index (χ2n) is 23.0. The summed E-state index contributed by atoms with van der Waals surface area (Å²) < 4.78 is 52.4. The third-order valence-electron chi connectivity index (χ3n) is 16.3. The minimum Gasteiger partial charge on any atom is -0.508 e. The highest BCUT2D eigenvalue weighted by atomic mass is 16.8. The molecule has 3 aliphatic carbocycles. The van der Waals surface area contributed by atoms with Crippen molar-refractivity contribution >= 4 is 29.4 Å². The second kappa shape index (κ2) is 19.2. The van der Waals surface area contributed by atoms with Crippen LogP contribution < -0.4 is 35.3 Å². The van der Waals surface area contributed by atoms with E-state index >= 15 is 4.79 Å². The van der Waals surface area contributed by atoms with Gasteiger partial charge in [0.1, 0.15) is 58.8 Å². The Hall–Kier alpha value is -5.99. The predicted octanol–water partition coefficient (Wildman–Crippen LogP) is 6.26. The van der Waals surface area contributed by atoms with Gasteiger partial charge in [-0.3, -0.25) is 9.59 Å². The van der Waals surface area contributed by atoms with Crippen LogP contribution in [0.1, 0.15) is 122 Å². The molecular formula is C58H71N3O15. The summed E-state index contributed by atoms with van der Waals surface area (Å²) in [5.41, 5.74) is 6.48. The fourth-order valence-corrected chi connectivity index (χ4v) is 12.7. The number of aliphatic hydroxyl groups excluding tert-OH is 4. The van der Waals surface area contributed by atoms with Gasteiger partial charge in [-0.25, -0.2) is 4.79 Å².